The highest BCUT2D eigenvalue weighted by molar-refractivity contribution is 5.64. The lowest BCUT2D eigenvalue weighted by Gasteiger charge is -2.11. The second-order valence-electron chi connectivity index (χ2n) is 5.03. The number of nitrogens with zero attached hydrogens (tertiary/aromatic N) is 4. The third kappa shape index (κ3) is 4.31. The Bertz CT molecular complexity index is 828. The molecule has 3 aromatic rings. The third-order valence-electron chi connectivity index (χ3n) is 3.39. The van der Waals surface area contributed by atoms with Crippen molar-refractivity contribution in [2.75, 3.05) is 24.9 Å². The number of anilines is 3. The van der Waals surface area contributed by atoms with Crippen LogP contribution in [0.4, 0.5) is 17.5 Å². The van der Waals surface area contributed by atoms with Crippen molar-refractivity contribution in [2.45, 2.75) is 6.54 Å². The Morgan fingerprint density at radius 2 is 2.00 bits per heavy atom. The van der Waals surface area contributed by atoms with Crippen LogP contribution in [-0.2, 0) is 6.54 Å². The van der Waals surface area contributed by atoms with Gasteiger partial charge in [-0.05, 0) is 24.3 Å². The van der Waals surface area contributed by atoms with Crippen LogP contribution in [0.5, 0.6) is 11.5 Å². The quantitative estimate of drug-likeness (QED) is 0.679. The molecule has 2 heterocycles. The fourth-order valence-corrected chi connectivity index (χ4v) is 2.15. The predicted molar refractivity (Wildman–Crippen MR) is 94.2 cm³/mol. The largest absolute Gasteiger partial charge is 0.497 e. The van der Waals surface area contributed by atoms with Gasteiger partial charge in [0.15, 0.2) is 5.82 Å². The minimum atomic E-state index is 0.356. The summed E-state index contributed by atoms with van der Waals surface area (Å²) in [5.74, 6) is 2.27. The lowest BCUT2D eigenvalue weighted by Crippen LogP contribution is -2.06. The van der Waals surface area contributed by atoms with Gasteiger partial charge in [0.25, 0.3) is 0 Å². The maximum atomic E-state index is 5.35. The lowest BCUT2D eigenvalue weighted by molar-refractivity contribution is 0.395. The van der Waals surface area contributed by atoms with Crippen molar-refractivity contribution in [1.29, 1.82) is 0 Å². The van der Waals surface area contributed by atoms with E-state index in [0.717, 1.165) is 5.69 Å². The number of methoxy groups -OCH3 is 2. The maximum Gasteiger partial charge on any atom is 0.249 e. The molecule has 128 valence electrons. The van der Waals surface area contributed by atoms with Crippen molar-refractivity contribution in [3.05, 3.63) is 54.5 Å². The van der Waals surface area contributed by atoms with Crippen molar-refractivity contribution in [1.82, 2.24) is 20.2 Å². The second-order valence-corrected chi connectivity index (χ2v) is 5.03. The molecule has 25 heavy (non-hydrogen) atoms. The summed E-state index contributed by atoms with van der Waals surface area (Å²) in [5.41, 5.74) is 1.62. The molecule has 0 atom stereocenters. The molecule has 8 nitrogen and oxygen atoms in total. The Balaban J connectivity index is 1.71. The number of hydrogen-bond acceptors (Lipinski definition) is 8. The zero-order chi connectivity index (χ0) is 17.5. The van der Waals surface area contributed by atoms with Crippen LogP contribution in [-0.4, -0.2) is 34.4 Å². The van der Waals surface area contributed by atoms with E-state index in [1.54, 1.807) is 32.7 Å². The van der Waals surface area contributed by atoms with Crippen LogP contribution in [0.2, 0.25) is 0 Å². The Morgan fingerprint density at radius 3 is 2.76 bits per heavy atom. The molecule has 1 aromatic carbocycles. The normalized spacial score (nSPS) is 10.2. The number of hydrogen-bond donors (Lipinski definition) is 2. The molecule has 2 aromatic heterocycles. The van der Waals surface area contributed by atoms with Gasteiger partial charge in [0.1, 0.15) is 11.5 Å². The molecule has 0 amide bonds. The van der Waals surface area contributed by atoms with Crippen molar-refractivity contribution in [3.8, 4) is 11.5 Å². The van der Waals surface area contributed by atoms with Gasteiger partial charge in [-0.1, -0.05) is 6.07 Å². The SMILES string of the molecule is COc1ccc(Nc2nncc(NCc3ccccn3)n2)c(OC)c1. The molecular weight excluding hydrogens is 320 g/mol. The van der Waals surface area contributed by atoms with Crippen molar-refractivity contribution in [2.24, 2.45) is 0 Å². The molecule has 3 rings (SSSR count). The minimum absolute atomic E-state index is 0.356. The molecule has 0 fully saturated rings. The summed E-state index contributed by atoms with van der Waals surface area (Å²) in [4.78, 5) is 8.64. The topological polar surface area (TPSA) is 94.1 Å². The first-order valence-electron chi connectivity index (χ1n) is 7.61. The van der Waals surface area contributed by atoms with Gasteiger partial charge in [-0.15, -0.1) is 5.10 Å². The van der Waals surface area contributed by atoms with Gasteiger partial charge in [0.2, 0.25) is 5.95 Å². The molecule has 0 aliphatic rings. The van der Waals surface area contributed by atoms with E-state index in [0.29, 0.717) is 35.5 Å². The molecule has 0 radical (unpaired) electrons. The van der Waals surface area contributed by atoms with Gasteiger partial charge in [-0.2, -0.15) is 10.1 Å². The number of ether oxygens (including phenoxy) is 2. The average Bonchev–Trinajstić information content (AvgIpc) is 2.68. The highest BCUT2D eigenvalue weighted by atomic mass is 16.5. The van der Waals surface area contributed by atoms with Crippen molar-refractivity contribution < 1.29 is 9.47 Å². The Labute approximate surface area is 145 Å². The minimum Gasteiger partial charge on any atom is -0.497 e. The van der Waals surface area contributed by atoms with Crippen molar-refractivity contribution >= 4 is 17.5 Å². The molecule has 0 aliphatic heterocycles. The van der Waals surface area contributed by atoms with Crippen molar-refractivity contribution in [3.63, 3.8) is 0 Å². The first kappa shape index (κ1) is 16.4. The van der Waals surface area contributed by atoms with Gasteiger partial charge in [-0.3, -0.25) is 4.98 Å². The highest BCUT2D eigenvalue weighted by Crippen LogP contribution is 2.30. The molecule has 0 bridgehead atoms. The lowest BCUT2D eigenvalue weighted by atomic mass is 10.2. The van der Waals surface area contributed by atoms with Crippen LogP contribution in [0.15, 0.2) is 48.8 Å². The number of benzene rings is 1. The first-order chi connectivity index (χ1) is 12.3. The van der Waals surface area contributed by atoms with Crippen LogP contribution in [0.3, 0.4) is 0 Å². The number of rotatable bonds is 7. The van der Waals surface area contributed by atoms with Gasteiger partial charge < -0.3 is 20.1 Å². The molecule has 2 N–H and O–H groups in total. The highest BCUT2D eigenvalue weighted by Gasteiger charge is 2.08. The summed E-state index contributed by atoms with van der Waals surface area (Å²) in [6, 6.07) is 11.2. The average molecular weight is 338 g/mol. The summed E-state index contributed by atoms with van der Waals surface area (Å²) in [7, 11) is 3.19. The van der Waals surface area contributed by atoms with Crippen LogP contribution in [0, 0.1) is 0 Å². The van der Waals surface area contributed by atoms with E-state index in [2.05, 4.69) is 30.8 Å². The molecule has 0 saturated heterocycles. The van der Waals surface area contributed by atoms with Crippen LogP contribution < -0.4 is 20.1 Å². The molecule has 0 saturated carbocycles. The van der Waals surface area contributed by atoms with Crippen LogP contribution in [0.1, 0.15) is 5.69 Å². The molecular formula is C17H18N6O2. The van der Waals surface area contributed by atoms with Gasteiger partial charge in [0, 0.05) is 12.3 Å². The van der Waals surface area contributed by atoms with E-state index in [1.165, 1.54) is 0 Å². The monoisotopic (exact) mass is 338 g/mol. The predicted octanol–water partition coefficient (Wildman–Crippen LogP) is 2.64. The Hall–Kier alpha value is -3.42. The zero-order valence-electron chi connectivity index (χ0n) is 13.9. The smallest absolute Gasteiger partial charge is 0.249 e. The molecule has 0 unspecified atom stereocenters. The number of nitrogens with one attached hydrogen (secondary N) is 2. The molecule has 0 spiro atoms. The summed E-state index contributed by atoms with van der Waals surface area (Å²) in [5, 5.41) is 14.2. The maximum absolute atomic E-state index is 5.35. The Kier molecular flexibility index (Phi) is 5.20. The fraction of sp³-hybridized carbons (Fsp3) is 0.176. The number of pyridine rings is 1. The van der Waals surface area contributed by atoms with E-state index in [4.69, 9.17) is 9.47 Å². The first-order valence-corrected chi connectivity index (χ1v) is 7.61. The van der Waals surface area contributed by atoms with E-state index in [-0.39, 0.29) is 0 Å². The van der Waals surface area contributed by atoms with E-state index in [1.807, 2.05) is 30.3 Å². The zero-order valence-corrected chi connectivity index (χ0v) is 13.9. The van der Waals surface area contributed by atoms with Crippen LogP contribution >= 0.6 is 0 Å². The van der Waals surface area contributed by atoms with E-state index < -0.39 is 0 Å². The van der Waals surface area contributed by atoms with E-state index >= 15 is 0 Å². The third-order valence-corrected chi connectivity index (χ3v) is 3.39. The van der Waals surface area contributed by atoms with Crippen LogP contribution in [0.25, 0.3) is 0 Å². The summed E-state index contributed by atoms with van der Waals surface area (Å²) >= 11 is 0. The van der Waals surface area contributed by atoms with Gasteiger partial charge in [-0.25, -0.2) is 0 Å². The van der Waals surface area contributed by atoms with E-state index in [9.17, 15) is 0 Å². The van der Waals surface area contributed by atoms with Gasteiger partial charge in [0.05, 0.1) is 38.3 Å². The molecule has 8 heteroatoms. The van der Waals surface area contributed by atoms with Gasteiger partial charge >= 0.3 is 0 Å². The fourth-order valence-electron chi connectivity index (χ4n) is 2.15. The number of aromatic nitrogens is 4. The second kappa shape index (κ2) is 7.91. The Morgan fingerprint density at radius 1 is 1.08 bits per heavy atom. The summed E-state index contributed by atoms with van der Waals surface area (Å²) in [6.07, 6.45) is 3.30. The standard InChI is InChI=1S/C17H18N6O2/c1-24-13-6-7-14(15(9-13)25-2)21-17-22-16(11-20-23-17)19-10-12-5-3-4-8-18-12/h3-9,11H,10H2,1-2H3,(H2,19,21,22,23). The summed E-state index contributed by atoms with van der Waals surface area (Å²) < 4.78 is 10.5. The molecule has 0 aliphatic carbocycles. The summed E-state index contributed by atoms with van der Waals surface area (Å²) in [6.45, 7) is 0.546.